The molecule has 0 bridgehead atoms. The highest BCUT2D eigenvalue weighted by Gasteiger charge is 2.38. The first-order valence-electron chi connectivity index (χ1n) is 7.02. The molecule has 0 saturated carbocycles. The van der Waals surface area contributed by atoms with Crippen LogP contribution in [0.3, 0.4) is 0 Å². The third kappa shape index (κ3) is 2.32. The van der Waals surface area contributed by atoms with Crippen LogP contribution in [0.5, 0.6) is 5.75 Å². The van der Waals surface area contributed by atoms with E-state index in [1.54, 1.807) is 11.8 Å². The number of fused-ring (bicyclic) bond motifs is 1. The number of rotatable bonds is 3. The largest absolute Gasteiger partial charge is 0.497 e. The summed E-state index contributed by atoms with van der Waals surface area (Å²) in [5.41, 5.74) is 2.87. The zero-order valence-corrected chi connectivity index (χ0v) is 13.2. The molecule has 0 amide bonds. The van der Waals surface area contributed by atoms with Gasteiger partial charge in [-0.25, -0.2) is 0 Å². The molecule has 1 heterocycles. The van der Waals surface area contributed by atoms with Crippen LogP contribution in [0.25, 0.3) is 0 Å². The zero-order chi connectivity index (χ0) is 15.2. The van der Waals surface area contributed by atoms with E-state index < -0.39 is 5.60 Å². The summed E-state index contributed by atoms with van der Waals surface area (Å²) in [5, 5.41) is 16.1. The molecular weight excluding hydrogens is 288 g/mol. The Bertz CT molecular complexity index is 696. The summed E-state index contributed by atoms with van der Waals surface area (Å²) in [6.07, 6.45) is 2.02. The molecular formula is C16H19ClN2O2. The number of ether oxygens (including phenoxy) is 1. The van der Waals surface area contributed by atoms with Gasteiger partial charge >= 0.3 is 0 Å². The van der Waals surface area contributed by atoms with Gasteiger partial charge in [0.1, 0.15) is 5.75 Å². The number of aliphatic hydroxyl groups is 1. The lowest BCUT2D eigenvalue weighted by atomic mass is 9.90. The van der Waals surface area contributed by atoms with Gasteiger partial charge in [0.25, 0.3) is 0 Å². The quantitative estimate of drug-likeness (QED) is 0.948. The predicted octanol–water partition coefficient (Wildman–Crippen LogP) is 2.77. The minimum absolute atomic E-state index is 0.462. The van der Waals surface area contributed by atoms with Gasteiger partial charge in [-0.1, -0.05) is 17.7 Å². The molecule has 1 aliphatic carbocycles. The molecule has 1 aromatic heterocycles. The van der Waals surface area contributed by atoms with E-state index in [4.69, 9.17) is 16.3 Å². The Hall–Kier alpha value is -1.52. The summed E-state index contributed by atoms with van der Waals surface area (Å²) < 4.78 is 7.04. The molecule has 3 rings (SSSR count). The highest BCUT2D eigenvalue weighted by atomic mass is 35.5. The summed E-state index contributed by atoms with van der Waals surface area (Å²) in [7, 11) is 3.50. The third-order valence-corrected chi connectivity index (χ3v) is 4.84. The summed E-state index contributed by atoms with van der Waals surface area (Å²) >= 11 is 6.32. The van der Waals surface area contributed by atoms with Gasteiger partial charge in [-0.15, -0.1) is 0 Å². The molecule has 0 aliphatic heterocycles. The van der Waals surface area contributed by atoms with Crippen LogP contribution in [0, 0.1) is 6.92 Å². The van der Waals surface area contributed by atoms with E-state index in [0.29, 0.717) is 17.9 Å². The SMILES string of the molecule is COc1ccc2c(c1)C(O)(Cc1c(Cl)c(C)nn1C)CC2. The molecule has 1 aromatic carbocycles. The van der Waals surface area contributed by atoms with Gasteiger partial charge in [-0.05, 0) is 43.0 Å². The fourth-order valence-electron chi connectivity index (χ4n) is 3.14. The van der Waals surface area contributed by atoms with Crippen molar-refractivity contribution in [2.45, 2.75) is 31.8 Å². The van der Waals surface area contributed by atoms with Crippen LogP contribution in [0.4, 0.5) is 0 Å². The van der Waals surface area contributed by atoms with Crippen molar-refractivity contribution in [1.82, 2.24) is 9.78 Å². The first kappa shape index (κ1) is 14.4. The molecule has 21 heavy (non-hydrogen) atoms. The van der Waals surface area contributed by atoms with E-state index in [2.05, 4.69) is 5.10 Å². The molecule has 1 atom stereocenters. The number of nitrogens with zero attached hydrogens (tertiary/aromatic N) is 2. The van der Waals surface area contributed by atoms with Gasteiger partial charge in [-0.2, -0.15) is 5.10 Å². The lowest BCUT2D eigenvalue weighted by Crippen LogP contribution is -2.26. The van der Waals surface area contributed by atoms with Crippen molar-refractivity contribution in [2.75, 3.05) is 7.11 Å². The molecule has 4 nitrogen and oxygen atoms in total. The molecule has 0 fully saturated rings. The first-order chi connectivity index (χ1) is 9.94. The summed E-state index contributed by atoms with van der Waals surface area (Å²) in [6, 6.07) is 5.90. The molecule has 1 unspecified atom stereocenters. The third-order valence-electron chi connectivity index (χ3n) is 4.35. The minimum atomic E-state index is -0.909. The average molecular weight is 307 g/mol. The smallest absolute Gasteiger partial charge is 0.119 e. The van der Waals surface area contributed by atoms with Crippen molar-refractivity contribution in [3.63, 3.8) is 0 Å². The van der Waals surface area contributed by atoms with Crippen LogP contribution in [0.2, 0.25) is 5.02 Å². The van der Waals surface area contributed by atoms with Crippen molar-refractivity contribution < 1.29 is 9.84 Å². The van der Waals surface area contributed by atoms with E-state index in [9.17, 15) is 5.11 Å². The number of aryl methyl sites for hydroxylation is 3. The Balaban J connectivity index is 2.01. The lowest BCUT2D eigenvalue weighted by Gasteiger charge is -2.24. The molecule has 0 spiro atoms. The number of halogens is 1. The Morgan fingerprint density at radius 3 is 2.86 bits per heavy atom. The Kier molecular flexibility index (Phi) is 3.46. The second kappa shape index (κ2) is 5.04. The van der Waals surface area contributed by atoms with Gasteiger partial charge in [0.2, 0.25) is 0 Å². The van der Waals surface area contributed by atoms with Crippen LogP contribution in [-0.4, -0.2) is 22.0 Å². The van der Waals surface area contributed by atoms with Crippen molar-refractivity contribution in [3.8, 4) is 5.75 Å². The predicted molar refractivity (Wildman–Crippen MR) is 81.9 cm³/mol. The topological polar surface area (TPSA) is 47.3 Å². The summed E-state index contributed by atoms with van der Waals surface area (Å²) in [6.45, 7) is 1.88. The number of aromatic nitrogens is 2. The van der Waals surface area contributed by atoms with Crippen molar-refractivity contribution in [1.29, 1.82) is 0 Å². The van der Waals surface area contributed by atoms with E-state index in [1.807, 2.05) is 32.2 Å². The van der Waals surface area contributed by atoms with Crippen molar-refractivity contribution in [2.24, 2.45) is 7.05 Å². The second-order valence-electron chi connectivity index (χ2n) is 5.70. The molecule has 5 heteroatoms. The van der Waals surface area contributed by atoms with E-state index >= 15 is 0 Å². The summed E-state index contributed by atoms with van der Waals surface area (Å²) in [5.74, 6) is 0.765. The fraction of sp³-hybridized carbons (Fsp3) is 0.438. The van der Waals surface area contributed by atoms with Gasteiger partial charge in [0.15, 0.2) is 0 Å². The van der Waals surface area contributed by atoms with Crippen LogP contribution in [0.1, 0.15) is 28.9 Å². The maximum atomic E-state index is 11.1. The van der Waals surface area contributed by atoms with Gasteiger partial charge < -0.3 is 9.84 Å². The van der Waals surface area contributed by atoms with Crippen molar-refractivity contribution >= 4 is 11.6 Å². The Labute approximate surface area is 129 Å². The van der Waals surface area contributed by atoms with Crippen molar-refractivity contribution in [3.05, 3.63) is 45.7 Å². The normalized spacial score (nSPS) is 20.6. The molecule has 0 saturated heterocycles. The van der Waals surface area contributed by atoms with Crippen LogP contribution in [0.15, 0.2) is 18.2 Å². The lowest BCUT2D eigenvalue weighted by molar-refractivity contribution is 0.0369. The van der Waals surface area contributed by atoms with Crippen LogP contribution < -0.4 is 4.74 Å². The average Bonchev–Trinajstić information content (AvgIpc) is 2.91. The van der Waals surface area contributed by atoms with Gasteiger partial charge in [0, 0.05) is 13.5 Å². The standard InChI is InChI=1S/C16H19ClN2O2/c1-10-15(17)14(19(2)18-10)9-16(20)7-6-11-4-5-12(21-3)8-13(11)16/h4-5,8,20H,6-7,9H2,1-3H3. The minimum Gasteiger partial charge on any atom is -0.497 e. The second-order valence-corrected chi connectivity index (χ2v) is 6.08. The Morgan fingerprint density at radius 2 is 2.24 bits per heavy atom. The van der Waals surface area contributed by atoms with E-state index in [1.165, 1.54) is 5.56 Å². The highest BCUT2D eigenvalue weighted by molar-refractivity contribution is 6.31. The summed E-state index contributed by atoms with van der Waals surface area (Å²) in [4.78, 5) is 0. The van der Waals surface area contributed by atoms with Gasteiger partial charge in [0.05, 0.1) is 29.1 Å². The molecule has 112 valence electrons. The number of hydrogen-bond donors (Lipinski definition) is 1. The molecule has 1 aliphatic rings. The monoisotopic (exact) mass is 306 g/mol. The maximum Gasteiger partial charge on any atom is 0.119 e. The highest BCUT2D eigenvalue weighted by Crippen LogP contribution is 2.42. The molecule has 0 radical (unpaired) electrons. The molecule has 2 aromatic rings. The Morgan fingerprint density at radius 1 is 1.48 bits per heavy atom. The first-order valence-corrected chi connectivity index (χ1v) is 7.40. The number of methoxy groups -OCH3 is 1. The maximum absolute atomic E-state index is 11.1. The van der Waals surface area contributed by atoms with Crippen LogP contribution >= 0.6 is 11.6 Å². The number of hydrogen-bond acceptors (Lipinski definition) is 3. The van der Waals surface area contributed by atoms with Crippen LogP contribution in [-0.2, 0) is 25.5 Å². The number of benzene rings is 1. The zero-order valence-electron chi connectivity index (χ0n) is 12.5. The fourth-order valence-corrected chi connectivity index (χ4v) is 3.37. The van der Waals surface area contributed by atoms with Gasteiger partial charge in [-0.3, -0.25) is 4.68 Å². The van der Waals surface area contributed by atoms with E-state index in [-0.39, 0.29) is 0 Å². The van der Waals surface area contributed by atoms with E-state index in [0.717, 1.165) is 29.1 Å². The molecule has 1 N–H and O–H groups in total.